The first kappa shape index (κ1) is 20.2. The van der Waals surface area contributed by atoms with Gasteiger partial charge >= 0.3 is 0 Å². The molecule has 1 aromatic carbocycles. The number of carbonyl (C=O) groups is 2. The van der Waals surface area contributed by atoms with Crippen LogP contribution in [0.5, 0.6) is 11.5 Å². The van der Waals surface area contributed by atoms with Gasteiger partial charge in [0, 0.05) is 11.3 Å². The van der Waals surface area contributed by atoms with E-state index in [4.69, 9.17) is 9.47 Å². The molecular weight excluding hydrogens is 376 g/mol. The molecule has 3 rings (SSSR count). The van der Waals surface area contributed by atoms with Crippen molar-refractivity contribution in [3.8, 4) is 11.5 Å². The molecule has 6 nitrogen and oxygen atoms in total. The number of thiophene rings is 1. The lowest BCUT2D eigenvalue weighted by Gasteiger charge is -2.16. The van der Waals surface area contributed by atoms with Gasteiger partial charge in [-0.25, -0.2) is 0 Å². The van der Waals surface area contributed by atoms with Crippen LogP contribution in [0.4, 0.5) is 0 Å². The number of hydrogen-bond donors (Lipinski definition) is 2. The van der Waals surface area contributed by atoms with Gasteiger partial charge in [0.2, 0.25) is 5.91 Å². The van der Waals surface area contributed by atoms with Crippen LogP contribution < -0.4 is 20.3 Å². The monoisotopic (exact) mass is 402 g/mol. The number of carbonyl (C=O) groups excluding carboxylic acids is 2. The Hall–Kier alpha value is -2.54. The van der Waals surface area contributed by atoms with Crippen molar-refractivity contribution in [2.75, 3.05) is 14.2 Å². The summed E-state index contributed by atoms with van der Waals surface area (Å²) in [5.74, 6) is 1.39. The van der Waals surface area contributed by atoms with E-state index in [0.29, 0.717) is 28.7 Å². The summed E-state index contributed by atoms with van der Waals surface area (Å²) >= 11 is 1.52. The molecule has 28 heavy (non-hydrogen) atoms. The molecule has 2 amide bonds. The molecule has 0 spiro atoms. The number of ether oxygens (including phenoxy) is 2. The van der Waals surface area contributed by atoms with Gasteiger partial charge in [-0.1, -0.05) is 19.1 Å². The summed E-state index contributed by atoms with van der Waals surface area (Å²) in [4.78, 5) is 26.4. The summed E-state index contributed by atoms with van der Waals surface area (Å²) in [6.45, 7) is 2.23. The molecule has 150 valence electrons. The highest BCUT2D eigenvalue weighted by atomic mass is 32.1. The molecule has 0 bridgehead atoms. The van der Waals surface area contributed by atoms with Gasteiger partial charge in [0.1, 0.15) is 0 Å². The normalized spacial score (nSPS) is 15.5. The van der Waals surface area contributed by atoms with Crippen LogP contribution in [0.1, 0.15) is 45.4 Å². The topological polar surface area (TPSA) is 76.7 Å². The molecule has 0 saturated heterocycles. The summed E-state index contributed by atoms with van der Waals surface area (Å²) in [6, 6.07) is 7.52. The number of aryl methyl sites for hydroxylation is 2. The van der Waals surface area contributed by atoms with Gasteiger partial charge in [-0.3, -0.25) is 20.4 Å². The van der Waals surface area contributed by atoms with Crippen LogP contribution in [0.25, 0.3) is 0 Å². The fraction of sp³-hybridized carbons (Fsp3) is 0.429. The molecule has 0 unspecified atom stereocenters. The second-order valence-electron chi connectivity index (χ2n) is 7.06. The van der Waals surface area contributed by atoms with E-state index in [0.717, 1.165) is 18.4 Å². The zero-order chi connectivity index (χ0) is 20.1. The molecule has 2 aromatic rings. The van der Waals surface area contributed by atoms with Gasteiger partial charge < -0.3 is 9.47 Å². The van der Waals surface area contributed by atoms with E-state index >= 15 is 0 Å². The minimum atomic E-state index is -0.264. The Labute approximate surface area is 169 Å². The predicted octanol–water partition coefficient (Wildman–Crippen LogP) is 3.28. The number of hydrogen-bond acceptors (Lipinski definition) is 5. The van der Waals surface area contributed by atoms with Crippen LogP contribution in [-0.2, 0) is 24.1 Å². The fourth-order valence-electron chi connectivity index (χ4n) is 3.47. The molecule has 1 aliphatic carbocycles. The maximum Gasteiger partial charge on any atom is 0.279 e. The van der Waals surface area contributed by atoms with E-state index in [9.17, 15) is 9.59 Å². The molecule has 1 heterocycles. The SMILES string of the molecule is COc1cccc(CCC(=O)NNC(=O)c2cc3c(s2)CC[C@@H](C)C3)c1OC. The molecule has 0 saturated carbocycles. The van der Waals surface area contributed by atoms with Crippen molar-refractivity contribution in [3.05, 3.63) is 45.1 Å². The lowest BCUT2D eigenvalue weighted by molar-refractivity contribution is -0.121. The molecule has 0 fully saturated rings. The lowest BCUT2D eigenvalue weighted by Crippen LogP contribution is -2.41. The van der Waals surface area contributed by atoms with E-state index in [-0.39, 0.29) is 18.2 Å². The fourth-order valence-corrected chi connectivity index (χ4v) is 4.57. The highest BCUT2D eigenvalue weighted by Crippen LogP contribution is 2.32. The third-order valence-corrected chi connectivity index (χ3v) is 6.21. The van der Waals surface area contributed by atoms with Gasteiger partial charge in [0.15, 0.2) is 11.5 Å². The second-order valence-corrected chi connectivity index (χ2v) is 8.20. The van der Waals surface area contributed by atoms with Crippen molar-refractivity contribution in [1.29, 1.82) is 0 Å². The average Bonchev–Trinajstić information content (AvgIpc) is 3.13. The van der Waals surface area contributed by atoms with Crippen LogP contribution in [0.2, 0.25) is 0 Å². The number of para-hydroxylation sites is 1. The summed E-state index contributed by atoms with van der Waals surface area (Å²) in [6.07, 6.45) is 3.92. The Morgan fingerprint density at radius 1 is 1.21 bits per heavy atom. The van der Waals surface area contributed by atoms with Gasteiger partial charge in [0.25, 0.3) is 5.91 Å². The minimum absolute atomic E-state index is 0.224. The predicted molar refractivity (Wildman–Crippen MR) is 109 cm³/mol. The third-order valence-electron chi connectivity index (χ3n) is 4.97. The lowest BCUT2D eigenvalue weighted by atomic mass is 9.90. The first-order valence-corrected chi connectivity index (χ1v) is 10.2. The van der Waals surface area contributed by atoms with E-state index in [1.165, 1.54) is 28.2 Å². The van der Waals surface area contributed by atoms with Gasteiger partial charge in [-0.05, 0) is 54.9 Å². The number of nitrogens with one attached hydrogen (secondary N) is 2. The number of amides is 2. The number of methoxy groups -OCH3 is 2. The highest BCUT2D eigenvalue weighted by molar-refractivity contribution is 7.14. The molecular formula is C21H26N2O4S. The minimum Gasteiger partial charge on any atom is -0.493 e. The zero-order valence-corrected chi connectivity index (χ0v) is 17.3. The Balaban J connectivity index is 1.52. The van der Waals surface area contributed by atoms with E-state index in [2.05, 4.69) is 17.8 Å². The second kappa shape index (κ2) is 9.10. The molecule has 7 heteroatoms. The van der Waals surface area contributed by atoms with Crippen LogP contribution in [0.3, 0.4) is 0 Å². The number of rotatable bonds is 6. The summed E-state index contributed by atoms with van der Waals surface area (Å²) in [5.41, 5.74) is 7.17. The van der Waals surface area contributed by atoms with Crippen LogP contribution in [0.15, 0.2) is 24.3 Å². The molecule has 1 atom stereocenters. The average molecular weight is 403 g/mol. The Morgan fingerprint density at radius 3 is 2.79 bits per heavy atom. The number of hydrazine groups is 1. The van der Waals surface area contributed by atoms with Crippen LogP contribution in [-0.4, -0.2) is 26.0 Å². The van der Waals surface area contributed by atoms with E-state index in [1.54, 1.807) is 14.2 Å². The standard InChI is InChI=1S/C21H26N2O4S/c1-13-7-9-17-15(11-13)12-18(28-17)21(25)23-22-19(24)10-8-14-5-4-6-16(26-2)20(14)27-3/h4-6,12-13H,7-11H2,1-3H3,(H,22,24)(H,23,25)/t13-/m1/s1. The van der Waals surface area contributed by atoms with Crippen LogP contribution >= 0.6 is 11.3 Å². The van der Waals surface area contributed by atoms with Crippen molar-refractivity contribution >= 4 is 23.2 Å². The zero-order valence-electron chi connectivity index (χ0n) is 16.5. The Bertz CT molecular complexity index is 862. The summed E-state index contributed by atoms with van der Waals surface area (Å²) in [7, 11) is 3.15. The number of benzene rings is 1. The first-order valence-electron chi connectivity index (χ1n) is 9.42. The molecule has 2 N–H and O–H groups in total. The molecule has 0 aliphatic heterocycles. The number of fused-ring (bicyclic) bond motifs is 1. The Kier molecular flexibility index (Phi) is 6.57. The van der Waals surface area contributed by atoms with Crippen LogP contribution in [0, 0.1) is 5.92 Å². The van der Waals surface area contributed by atoms with Crippen molar-refractivity contribution < 1.29 is 19.1 Å². The third kappa shape index (κ3) is 4.65. The molecule has 1 aliphatic rings. The molecule has 1 aromatic heterocycles. The van der Waals surface area contributed by atoms with Crippen molar-refractivity contribution in [2.24, 2.45) is 5.92 Å². The summed E-state index contributed by atoms with van der Waals surface area (Å²) < 4.78 is 10.6. The largest absolute Gasteiger partial charge is 0.493 e. The maximum absolute atomic E-state index is 12.4. The highest BCUT2D eigenvalue weighted by Gasteiger charge is 2.21. The van der Waals surface area contributed by atoms with Crippen molar-refractivity contribution in [1.82, 2.24) is 10.9 Å². The van der Waals surface area contributed by atoms with E-state index < -0.39 is 0 Å². The Morgan fingerprint density at radius 2 is 2.04 bits per heavy atom. The van der Waals surface area contributed by atoms with Crippen molar-refractivity contribution in [2.45, 2.75) is 39.0 Å². The van der Waals surface area contributed by atoms with Gasteiger partial charge in [-0.15, -0.1) is 11.3 Å². The smallest absolute Gasteiger partial charge is 0.279 e. The van der Waals surface area contributed by atoms with E-state index in [1.807, 2.05) is 24.3 Å². The maximum atomic E-state index is 12.4. The quantitative estimate of drug-likeness (QED) is 0.727. The van der Waals surface area contributed by atoms with Crippen molar-refractivity contribution in [3.63, 3.8) is 0 Å². The summed E-state index contributed by atoms with van der Waals surface area (Å²) in [5, 5.41) is 0. The first-order chi connectivity index (χ1) is 13.5. The van der Waals surface area contributed by atoms with Gasteiger partial charge in [0.05, 0.1) is 19.1 Å². The van der Waals surface area contributed by atoms with Gasteiger partial charge in [-0.2, -0.15) is 0 Å². The molecule has 0 radical (unpaired) electrons.